The summed E-state index contributed by atoms with van der Waals surface area (Å²) >= 11 is 1.63. The molecule has 1 heterocycles. The van der Waals surface area contributed by atoms with E-state index in [0.717, 1.165) is 18.0 Å². The Kier molecular flexibility index (Phi) is 6.03. The molecule has 2 N–H and O–H groups in total. The summed E-state index contributed by atoms with van der Waals surface area (Å²) < 4.78 is 0. The number of nitrogens with zero attached hydrogens (tertiary/aromatic N) is 1. The van der Waals surface area contributed by atoms with Crippen LogP contribution in [-0.2, 0) is 4.79 Å². The average Bonchev–Trinajstić information content (AvgIpc) is 2.79. The summed E-state index contributed by atoms with van der Waals surface area (Å²) in [6.45, 7) is 5.56. The minimum absolute atomic E-state index is 0.112. The van der Waals surface area contributed by atoms with Crippen molar-refractivity contribution in [1.82, 2.24) is 15.6 Å². The van der Waals surface area contributed by atoms with Crippen molar-refractivity contribution in [3.05, 3.63) is 16.6 Å². The first kappa shape index (κ1) is 13.1. The van der Waals surface area contributed by atoms with Gasteiger partial charge in [0.2, 0.25) is 5.91 Å². The second kappa shape index (κ2) is 7.35. The zero-order chi connectivity index (χ0) is 11.8. The maximum Gasteiger partial charge on any atom is 0.221 e. The van der Waals surface area contributed by atoms with Crippen molar-refractivity contribution in [3.63, 3.8) is 0 Å². The van der Waals surface area contributed by atoms with Crippen LogP contribution in [0.5, 0.6) is 0 Å². The molecule has 0 aliphatic heterocycles. The Bertz CT molecular complexity index is 300. The second-order valence-electron chi connectivity index (χ2n) is 3.65. The van der Waals surface area contributed by atoms with Gasteiger partial charge in [0.15, 0.2) is 0 Å². The van der Waals surface area contributed by atoms with E-state index in [1.807, 2.05) is 12.3 Å². The third kappa shape index (κ3) is 4.72. The van der Waals surface area contributed by atoms with Crippen LogP contribution in [-0.4, -0.2) is 24.0 Å². The molecule has 0 fully saturated rings. The smallest absolute Gasteiger partial charge is 0.221 e. The average molecular weight is 241 g/mol. The molecule has 16 heavy (non-hydrogen) atoms. The Hall–Kier alpha value is -0.940. The number of hydrogen-bond acceptors (Lipinski definition) is 4. The topological polar surface area (TPSA) is 54.0 Å². The van der Waals surface area contributed by atoms with Crippen molar-refractivity contribution >= 4 is 17.2 Å². The summed E-state index contributed by atoms with van der Waals surface area (Å²) in [4.78, 5) is 15.5. The summed E-state index contributed by atoms with van der Waals surface area (Å²) in [5.41, 5.74) is 0. The lowest BCUT2D eigenvalue weighted by Gasteiger charge is -2.10. The summed E-state index contributed by atoms with van der Waals surface area (Å²) in [6.07, 6.45) is 3.30. The van der Waals surface area contributed by atoms with Gasteiger partial charge in [-0.05, 0) is 13.3 Å². The molecule has 0 spiro atoms. The van der Waals surface area contributed by atoms with E-state index in [4.69, 9.17) is 0 Å². The second-order valence-corrected chi connectivity index (χ2v) is 4.57. The predicted molar refractivity (Wildman–Crippen MR) is 66.4 cm³/mol. The number of amides is 1. The fraction of sp³-hybridized carbons (Fsp3) is 0.636. The molecule has 0 saturated carbocycles. The van der Waals surface area contributed by atoms with Gasteiger partial charge in [-0.3, -0.25) is 4.79 Å². The minimum atomic E-state index is 0.112. The number of nitrogens with one attached hydrogen (secondary N) is 2. The highest BCUT2D eigenvalue weighted by Crippen LogP contribution is 2.14. The van der Waals surface area contributed by atoms with Crippen molar-refractivity contribution < 1.29 is 4.79 Å². The fourth-order valence-corrected chi connectivity index (χ4v) is 1.96. The van der Waals surface area contributed by atoms with Gasteiger partial charge in [0.1, 0.15) is 5.01 Å². The molecule has 5 heteroatoms. The van der Waals surface area contributed by atoms with Crippen LogP contribution in [0.3, 0.4) is 0 Å². The van der Waals surface area contributed by atoms with Crippen LogP contribution in [0, 0.1) is 0 Å². The zero-order valence-corrected chi connectivity index (χ0v) is 10.6. The van der Waals surface area contributed by atoms with Crippen molar-refractivity contribution in [2.75, 3.05) is 13.1 Å². The largest absolute Gasteiger partial charge is 0.356 e. The number of carbonyl (C=O) groups is 1. The normalized spacial score (nSPS) is 12.4. The van der Waals surface area contributed by atoms with Gasteiger partial charge in [-0.1, -0.05) is 6.92 Å². The molecule has 1 atom stereocenters. The number of carbonyl (C=O) groups excluding carboxylic acids is 1. The van der Waals surface area contributed by atoms with Crippen molar-refractivity contribution in [3.8, 4) is 0 Å². The Labute approximate surface area is 100 Å². The molecule has 0 bridgehead atoms. The number of thiazole rings is 1. The molecule has 0 aliphatic rings. The van der Waals surface area contributed by atoms with Gasteiger partial charge in [-0.2, -0.15) is 0 Å². The summed E-state index contributed by atoms with van der Waals surface area (Å²) in [5, 5.41) is 9.15. The van der Waals surface area contributed by atoms with Crippen molar-refractivity contribution in [2.24, 2.45) is 0 Å². The Morgan fingerprint density at radius 2 is 2.38 bits per heavy atom. The first-order chi connectivity index (χ1) is 7.74. The van der Waals surface area contributed by atoms with E-state index < -0.39 is 0 Å². The van der Waals surface area contributed by atoms with Gasteiger partial charge < -0.3 is 10.6 Å². The Morgan fingerprint density at radius 3 is 3.00 bits per heavy atom. The molecule has 1 aromatic heterocycles. The third-order valence-corrected chi connectivity index (χ3v) is 3.15. The zero-order valence-electron chi connectivity index (χ0n) is 9.82. The maximum absolute atomic E-state index is 11.3. The van der Waals surface area contributed by atoms with E-state index in [2.05, 4.69) is 22.5 Å². The van der Waals surface area contributed by atoms with Crippen LogP contribution in [0.25, 0.3) is 0 Å². The Balaban J connectivity index is 2.13. The quantitative estimate of drug-likeness (QED) is 0.764. The highest BCUT2D eigenvalue weighted by molar-refractivity contribution is 7.09. The Morgan fingerprint density at radius 1 is 1.56 bits per heavy atom. The van der Waals surface area contributed by atoms with Gasteiger partial charge in [0, 0.05) is 31.1 Å². The molecule has 1 rings (SSSR count). The lowest BCUT2D eigenvalue weighted by molar-refractivity contribution is -0.121. The molecule has 1 aromatic rings. The van der Waals surface area contributed by atoms with E-state index in [1.54, 1.807) is 17.5 Å². The van der Waals surface area contributed by atoms with E-state index in [0.29, 0.717) is 13.0 Å². The number of aromatic nitrogens is 1. The lowest BCUT2D eigenvalue weighted by Crippen LogP contribution is -2.29. The number of rotatable bonds is 7. The highest BCUT2D eigenvalue weighted by Gasteiger charge is 2.07. The van der Waals surface area contributed by atoms with Crippen LogP contribution < -0.4 is 10.6 Å². The highest BCUT2D eigenvalue weighted by atomic mass is 32.1. The lowest BCUT2D eigenvalue weighted by atomic mass is 10.3. The summed E-state index contributed by atoms with van der Waals surface area (Å²) in [5.74, 6) is 0.112. The van der Waals surface area contributed by atoms with E-state index in [1.165, 1.54) is 0 Å². The molecule has 4 nitrogen and oxygen atoms in total. The maximum atomic E-state index is 11.3. The summed E-state index contributed by atoms with van der Waals surface area (Å²) in [7, 11) is 0. The molecular formula is C11H19N3OS. The molecule has 1 unspecified atom stereocenters. The molecule has 0 saturated heterocycles. The van der Waals surface area contributed by atoms with Gasteiger partial charge >= 0.3 is 0 Å². The standard InChI is InChI=1S/C11H19N3OS/c1-3-5-13-10(15)4-6-12-9(2)11-14-7-8-16-11/h7-9,12H,3-6H2,1-2H3,(H,13,15). The van der Waals surface area contributed by atoms with Gasteiger partial charge in [0.25, 0.3) is 0 Å². The fourth-order valence-electron chi connectivity index (χ4n) is 1.29. The van der Waals surface area contributed by atoms with Gasteiger partial charge in [0.05, 0.1) is 6.04 Å². The van der Waals surface area contributed by atoms with E-state index in [9.17, 15) is 4.79 Å². The number of hydrogen-bond donors (Lipinski definition) is 2. The van der Waals surface area contributed by atoms with Crippen LogP contribution in [0.1, 0.15) is 37.7 Å². The van der Waals surface area contributed by atoms with Crippen LogP contribution in [0.2, 0.25) is 0 Å². The molecular weight excluding hydrogens is 222 g/mol. The van der Waals surface area contributed by atoms with Gasteiger partial charge in [-0.25, -0.2) is 4.98 Å². The molecule has 0 radical (unpaired) electrons. The monoisotopic (exact) mass is 241 g/mol. The first-order valence-corrected chi connectivity index (χ1v) is 6.51. The predicted octanol–water partition coefficient (Wildman–Crippen LogP) is 1.71. The summed E-state index contributed by atoms with van der Waals surface area (Å²) in [6, 6.07) is 0.221. The van der Waals surface area contributed by atoms with Crippen LogP contribution in [0.15, 0.2) is 11.6 Å². The van der Waals surface area contributed by atoms with E-state index >= 15 is 0 Å². The van der Waals surface area contributed by atoms with Crippen molar-refractivity contribution in [2.45, 2.75) is 32.7 Å². The van der Waals surface area contributed by atoms with E-state index in [-0.39, 0.29) is 11.9 Å². The van der Waals surface area contributed by atoms with Crippen molar-refractivity contribution in [1.29, 1.82) is 0 Å². The minimum Gasteiger partial charge on any atom is -0.356 e. The van der Waals surface area contributed by atoms with Gasteiger partial charge in [-0.15, -0.1) is 11.3 Å². The first-order valence-electron chi connectivity index (χ1n) is 5.63. The molecule has 1 amide bonds. The molecule has 0 aliphatic carbocycles. The third-order valence-electron chi connectivity index (χ3n) is 2.20. The molecule has 0 aromatic carbocycles. The molecule has 90 valence electrons. The van der Waals surface area contributed by atoms with Crippen LogP contribution >= 0.6 is 11.3 Å². The van der Waals surface area contributed by atoms with Crippen LogP contribution in [0.4, 0.5) is 0 Å². The SMILES string of the molecule is CCCNC(=O)CCNC(C)c1nccs1.